The van der Waals surface area contributed by atoms with Gasteiger partial charge in [0.1, 0.15) is 10.8 Å². The Morgan fingerprint density at radius 2 is 2.00 bits per heavy atom. The number of carboxylic acid groups (broad SMARTS) is 1. The fourth-order valence-corrected chi connectivity index (χ4v) is 4.51. The topological polar surface area (TPSA) is 63.6 Å². The zero-order valence-corrected chi connectivity index (χ0v) is 15.7. The average molecular weight is 391 g/mol. The number of ether oxygens (including phenoxy) is 1. The van der Waals surface area contributed by atoms with Crippen LogP contribution in [0.1, 0.15) is 39.5 Å². The van der Waals surface area contributed by atoms with Crippen molar-refractivity contribution < 1.29 is 19.4 Å². The summed E-state index contributed by atoms with van der Waals surface area (Å²) < 4.78 is 5.51. The first kappa shape index (κ1) is 17.4. The van der Waals surface area contributed by atoms with Crippen LogP contribution in [0.5, 0.6) is 5.75 Å². The van der Waals surface area contributed by atoms with E-state index in [9.17, 15) is 14.7 Å². The Balaban J connectivity index is 1.89. The molecule has 0 aromatic heterocycles. The van der Waals surface area contributed by atoms with E-state index < -0.39 is 17.5 Å². The first-order valence-corrected chi connectivity index (χ1v) is 9.03. The molecule has 0 fully saturated rings. The van der Waals surface area contributed by atoms with Crippen LogP contribution < -0.4 is 4.74 Å². The van der Waals surface area contributed by atoms with Crippen LogP contribution >= 0.6 is 23.2 Å². The molecule has 1 aliphatic carbocycles. The van der Waals surface area contributed by atoms with Crippen molar-refractivity contribution in [1.29, 1.82) is 0 Å². The molecule has 4 nitrogen and oxygen atoms in total. The van der Waals surface area contributed by atoms with Gasteiger partial charge in [0.25, 0.3) is 0 Å². The fraction of sp³-hybridized carbons (Fsp3) is 0.300. The first-order chi connectivity index (χ1) is 12.2. The SMILES string of the molecule is Cc1cccc(C2(C)Cc3c4c(c(Cl)c(Cl)c3C2=O)OC(C(=O)O)C4)c1. The minimum Gasteiger partial charge on any atom is -0.478 e. The maximum absolute atomic E-state index is 13.3. The molecule has 1 N–H and O–H groups in total. The summed E-state index contributed by atoms with van der Waals surface area (Å²) in [7, 11) is 0. The van der Waals surface area contributed by atoms with Crippen molar-refractivity contribution in [3.8, 4) is 5.75 Å². The number of aliphatic carboxylic acids is 1. The highest BCUT2D eigenvalue weighted by Gasteiger charge is 2.48. The monoisotopic (exact) mass is 390 g/mol. The number of hydrogen-bond acceptors (Lipinski definition) is 3. The number of carbonyl (C=O) groups is 2. The van der Waals surface area contributed by atoms with Crippen molar-refractivity contribution in [2.45, 2.75) is 38.2 Å². The van der Waals surface area contributed by atoms with E-state index in [0.717, 1.165) is 16.7 Å². The van der Waals surface area contributed by atoms with Crippen LogP contribution in [0, 0.1) is 6.92 Å². The summed E-state index contributed by atoms with van der Waals surface area (Å²) in [4.78, 5) is 24.7. The van der Waals surface area contributed by atoms with Gasteiger partial charge >= 0.3 is 5.97 Å². The molecule has 0 spiro atoms. The molecule has 2 aromatic carbocycles. The Labute approximate surface area is 160 Å². The van der Waals surface area contributed by atoms with Crippen LogP contribution in [0.15, 0.2) is 24.3 Å². The summed E-state index contributed by atoms with van der Waals surface area (Å²) in [5, 5.41) is 9.55. The molecule has 0 radical (unpaired) electrons. The summed E-state index contributed by atoms with van der Waals surface area (Å²) in [6.07, 6.45) is -0.383. The highest BCUT2D eigenvalue weighted by atomic mass is 35.5. The lowest BCUT2D eigenvalue weighted by atomic mass is 9.78. The number of carbonyl (C=O) groups excluding carboxylic acids is 1. The number of Topliss-reactive ketones (excluding diaryl/α,β-unsaturated/α-hetero) is 1. The standard InChI is InChI=1S/C20H16Cl2O4/c1-9-4-3-5-10(6-9)20(2)8-12-11-7-13(19(24)25)26-17(11)16(22)15(21)14(12)18(20)23/h3-6,13H,7-8H2,1-2H3,(H,24,25). The van der Waals surface area contributed by atoms with Crippen molar-refractivity contribution >= 4 is 35.0 Å². The Morgan fingerprint density at radius 1 is 1.27 bits per heavy atom. The Hall–Kier alpha value is -2.04. The maximum atomic E-state index is 13.3. The number of halogens is 2. The summed E-state index contributed by atoms with van der Waals surface area (Å²) in [6.45, 7) is 3.87. The summed E-state index contributed by atoms with van der Waals surface area (Å²) >= 11 is 12.7. The van der Waals surface area contributed by atoms with Crippen LogP contribution in [0.4, 0.5) is 0 Å². The molecule has 4 rings (SSSR count). The van der Waals surface area contributed by atoms with E-state index >= 15 is 0 Å². The van der Waals surface area contributed by atoms with Gasteiger partial charge in [0.15, 0.2) is 11.9 Å². The molecule has 2 aromatic rings. The van der Waals surface area contributed by atoms with Gasteiger partial charge in [-0.1, -0.05) is 53.0 Å². The second-order valence-electron chi connectivity index (χ2n) is 7.15. The number of benzene rings is 2. The van der Waals surface area contributed by atoms with Crippen molar-refractivity contribution in [2.24, 2.45) is 0 Å². The van der Waals surface area contributed by atoms with Gasteiger partial charge in [0.05, 0.1) is 10.4 Å². The average Bonchev–Trinajstić information content (AvgIpc) is 3.15. The van der Waals surface area contributed by atoms with E-state index in [-0.39, 0.29) is 22.2 Å². The van der Waals surface area contributed by atoms with Crippen LogP contribution in [0.25, 0.3) is 0 Å². The van der Waals surface area contributed by atoms with Gasteiger partial charge in [-0.05, 0) is 31.4 Å². The summed E-state index contributed by atoms with van der Waals surface area (Å²) in [6, 6.07) is 7.83. The number of hydrogen-bond donors (Lipinski definition) is 1. The van der Waals surface area contributed by atoms with Crippen molar-refractivity contribution in [3.05, 3.63) is 62.1 Å². The third-order valence-electron chi connectivity index (χ3n) is 5.39. The molecule has 2 unspecified atom stereocenters. The molecule has 2 atom stereocenters. The van der Waals surface area contributed by atoms with E-state index in [1.807, 2.05) is 38.1 Å². The molecular weight excluding hydrogens is 375 g/mol. The van der Waals surface area contributed by atoms with E-state index in [1.165, 1.54) is 0 Å². The predicted octanol–water partition coefficient (Wildman–Crippen LogP) is 4.39. The molecule has 1 aliphatic heterocycles. The fourth-order valence-electron chi connectivity index (χ4n) is 3.97. The van der Waals surface area contributed by atoms with Gasteiger partial charge in [-0.15, -0.1) is 0 Å². The lowest BCUT2D eigenvalue weighted by Gasteiger charge is -2.23. The smallest absolute Gasteiger partial charge is 0.345 e. The third-order valence-corrected chi connectivity index (χ3v) is 6.23. The Kier molecular flexibility index (Phi) is 3.83. The molecule has 134 valence electrons. The highest BCUT2D eigenvalue weighted by molar-refractivity contribution is 6.45. The lowest BCUT2D eigenvalue weighted by Crippen LogP contribution is -2.29. The largest absolute Gasteiger partial charge is 0.478 e. The zero-order chi connectivity index (χ0) is 18.8. The van der Waals surface area contributed by atoms with Crippen LogP contribution in [0.2, 0.25) is 10.0 Å². The molecule has 0 bridgehead atoms. The minimum atomic E-state index is -1.06. The van der Waals surface area contributed by atoms with E-state index in [1.54, 1.807) is 0 Å². The maximum Gasteiger partial charge on any atom is 0.345 e. The van der Waals surface area contributed by atoms with Gasteiger partial charge in [-0.25, -0.2) is 4.79 Å². The van der Waals surface area contributed by atoms with Gasteiger partial charge in [0.2, 0.25) is 0 Å². The minimum absolute atomic E-state index is 0.0911. The molecule has 1 heterocycles. The molecule has 0 amide bonds. The van der Waals surface area contributed by atoms with Crippen LogP contribution in [-0.2, 0) is 23.1 Å². The Bertz CT molecular complexity index is 982. The summed E-state index contributed by atoms with van der Waals surface area (Å²) in [5.74, 6) is -0.858. The molecule has 0 saturated heterocycles. The highest BCUT2D eigenvalue weighted by Crippen LogP contribution is 2.52. The second-order valence-corrected chi connectivity index (χ2v) is 7.90. The van der Waals surface area contributed by atoms with Gasteiger partial charge in [-0.2, -0.15) is 0 Å². The predicted molar refractivity (Wildman–Crippen MR) is 98.8 cm³/mol. The third kappa shape index (κ3) is 2.29. The van der Waals surface area contributed by atoms with Gasteiger partial charge in [0, 0.05) is 17.5 Å². The number of fused-ring (bicyclic) bond motifs is 3. The molecule has 2 aliphatic rings. The number of carboxylic acids is 1. The normalized spacial score (nSPS) is 23.5. The van der Waals surface area contributed by atoms with Gasteiger partial charge < -0.3 is 9.84 Å². The van der Waals surface area contributed by atoms with E-state index in [4.69, 9.17) is 27.9 Å². The van der Waals surface area contributed by atoms with Crippen molar-refractivity contribution in [2.75, 3.05) is 0 Å². The van der Waals surface area contributed by atoms with Crippen molar-refractivity contribution in [1.82, 2.24) is 0 Å². The lowest BCUT2D eigenvalue weighted by molar-refractivity contribution is -0.144. The molecule has 0 saturated carbocycles. The second kappa shape index (κ2) is 5.73. The van der Waals surface area contributed by atoms with E-state index in [0.29, 0.717) is 23.3 Å². The van der Waals surface area contributed by atoms with E-state index in [2.05, 4.69) is 0 Å². The van der Waals surface area contributed by atoms with Crippen LogP contribution in [0.3, 0.4) is 0 Å². The number of aryl methyl sites for hydroxylation is 1. The quantitative estimate of drug-likeness (QED) is 0.825. The van der Waals surface area contributed by atoms with Crippen molar-refractivity contribution in [3.63, 3.8) is 0 Å². The summed E-state index contributed by atoms with van der Waals surface area (Å²) in [5.41, 5.74) is 3.05. The molecular formula is C20H16Cl2O4. The van der Waals surface area contributed by atoms with Gasteiger partial charge in [-0.3, -0.25) is 4.79 Å². The first-order valence-electron chi connectivity index (χ1n) is 8.28. The van der Waals surface area contributed by atoms with Crippen LogP contribution in [-0.4, -0.2) is 23.0 Å². The number of rotatable bonds is 2. The molecule has 26 heavy (non-hydrogen) atoms. The Morgan fingerprint density at radius 3 is 2.65 bits per heavy atom. The zero-order valence-electron chi connectivity index (χ0n) is 14.2. The molecule has 6 heteroatoms. The number of ketones is 1.